The number of aromatic nitrogens is 2. The lowest BCUT2D eigenvalue weighted by Crippen LogP contribution is -2.31. The second-order valence-corrected chi connectivity index (χ2v) is 4.54. The Balaban J connectivity index is 1.86. The molecule has 16 heavy (non-hydrogen) atoms. The molecule has 0 aliphatic carbocycles. The van der Waals surface area contributed by atoms with Crippen molar-refractivity contribution in [3.05, 3.63) is 17.5 Å². The number of rotatable bonds is 3. The maximum absolute atomic E-state index is 4.42. The minimum atomic E-state index is 0.756. The van der Waals surface area contributed by atoms with Crippen LogP contribution in [0.3, 0.4) is 0 Å². The number of nitrogens with one attached hydrogen (secondary N) is 2. The third kappa shape index (κ3) is 2.92. The molecule has 1 aliphatic rings. The molecular formula is C12H20N4. The molecule has 88 valence electrons. The van der Waals surface area contributed by atoms with E-state index in [1.165, 1.54) is 12.8 Å². The molecule has 1 saturated heterocycles. The smallest absolute Gasteiger partial charge is 0.222 e. The van der Waals surface area contributed by atoms with E-state index in [1.54, 1.807) is 0 Å². The van der Waals surface area contributed by atoms with E-state index >= 15 is 0 Å². The molecule has 1 aromatic rings. The van der Waals surface area contributed by atoms with Gasteiger partial charge in [0, 0.05) is 18.4 Å². The summed E-state index contributed by atoms with van der Waals surface area (Å²) in [6.45, 7) is 7.32. The molecule has 2 heterocycles. The Labute approximate surface area is 96.9 Å². The fourth-order valence-electron chi connectivity index (χ4n) is 1.93. The van der Waals surface area contributed by atoms with Crippen LogP contribution in [-0.2, 0) is 0 Å². The predicted octanol–water partition coefficient (Wildman–Crippen LogP) is 1.50. The zero-order valence-electron chi connectivity index (χ0n) is 10.1. The van der Waals surface area contributed by atoms with Crippen LogP contribution in [0.5, 0.6) is 0 Å². The normalized spacial score (nSPS) is 17.4. The summed E-state index contributed by atoms with van der Waals surface area (Å²) in [7, 11) is 0. The van der Waals surface area contributed by atoms with Crippen molar-refractivity contribution >= 4 is 5.95 Å². The second kappa shape index (κ2) is 5.25. The summed E-state index contributed by atoms with van der Waals surface area (Å²) in [6, 6.07) is 0. The van der Waals surface area contributed by atoms with Gasteiger partial charge < -0.3 is 10.6 Å². The molecule has 0 amide bonds. The van der Waals surface area contributed by atoms with E-state index in [1.807, 2.05) is 20.0 Å². The van der Waals surface area contributed by atoms with Crippen LogP contribution >= 0.6 is 0 Å². The van der Waals surface area contributed by atoms with Gasteiger partial charge in [0.05, 0.1) is 0 Å². The third-order valence-electron chi connectivity index (χ3n) is 3.23. The molecule has 0 radical (unpaired) electrons. The van der Waals surface area contributed by atoms with Crippen LogP contribution in [-0.4, -0.2) is 29.6 Å². The maximum Gasteiger partial charge on any atom is 0.222 e. The number of nitrogens with zero attached hydrogens (tertiary/aromatic N) is 2. The van der Waals surface area contributed by atoms with Crippen molar-refractivity contribution in [3.8, 4) is 0 Å². The van der Waals surface area contributed by atoms with Crippen LogP contribution in [0.2, 0.25) is 0 Å². The molecule has 0 saturated carbocycles. The molecule has 1 fully saturated rings. The predicted molar refractivity (Wildman–Crippen MR) is 65.6 cm³/mol. The lowest BCUT2D eigenvalue weighted by Gasteiger charge is -2.22. The largest absolute Gasteiger partial charge is 0.354 e. The zero-order valence-corrected chi connectivity index (χ0v) is 10.1. The molecule has 4 heteroatoms. The molecule has 0 unspecified atom stereocenters. The average Bonchev–Trinajstić information content (AvgIpc) is 2.32. The van der Waals surface area contributed by atoms with Gasteiger partial charge >= 0.3 is 0 Å². The topological polar surface area (TPSA) is 49.8 Å². The fourth-order valence-corrected chi connectivity index (χ4v) is 1.93. The van der Waals surface area contributed by atoms with Crippen molar-refractivity contribution in [1.29, 1.82) is 0 Å². The number of anilines is 1. The molecule has 2 N–H and O–H groups in total. The van der Waals surface area contributed by atoms with E-state index in [4.69, 9.17) is 0 Å². The highest BCUT2D eigenvalue weighted by atomic mass is 15.1. The lowest BCUT2D eigenvalue weighted by molar-refractivity contribution is 0.389. The van der Waals surface area contributed by atoms with Gasteiger partial charge in [0.25, 0.3) is 0 Å². The number of hydrogen-bond donors (Lipinski definition) is 2. The van der Waals surface area contributed by atoms with Gasteiger partial charge in [-0.2, -0.15) is 0 Å². The Hall–Kier alpha value is -1.16. The SMILES string of the molecule is Cc1cnc(NCC2CCNCC2)nc1C. The summed E-state index contributed by atoms with van der Waals surface area (Å²) in [6.07, 6.45) is 4.38. The molecule has 1 aliphatic heterocycles. The van der Waals surface area contributed by atoms with Crippen molar-refractivity contribution in [2.45, 2.75) is 26.7 Å². The van der Waals surface area contributed by atoms with Gasteiger partial charge in [-0.3, -0.25) is 0 Å². The minimum Gasteiger partial charge on any atom is -0.354 e. The first-order valence-electron chi connectivity index (χ1n) is 6.00. The molecule has 0 bridgehead atoms. The monoisotopic (exact) mass is 220 g/mol. The highest BCUT2D eigenvalue weighted by molar-refractivity contribution is 5.28. The number of piperidine rings is 1. The highest BCUT2D eigenvalue weighted by Crippen LogP contribution is 2.12. The molecule has 1 aromatic heterocycles. The van der Waals surface area contributed by atoms with Gasteiger partial charge in [-0.1, -0.05) is 0 Å². The van der Waals surface area contributed by atoms with Crippen molar-refractivity contribution < 1.29 is 0 Å². The number of aryl methyl sites for hydroxylation is 2. The molecule has 0 spiro atoms. The van der Waals surface area contributed by atoms with Crippen molar-refractivity contribution in [1.82, 2.24) is 15.3 Å². The van der Waals surface area contributed by atoms with Gasteiger partial charge in [0.1, 0.15) is 0 Å². The van der Waals surface area contributed by atoms with E-state index < -0.39 is 0 Å². The lowest BCUT2D eigenvalue weighted by atomic mass is 9.98. The maximum atomic E-state index is 4.42. The van der Waals surface area contributed by atoms with E-state index in [0.29, 0.717) is 0 Å². The highest BCUT2D eigenvalue weighted by Gasteiger charge is 2.12. The Morgan fingerprint density at radius 3 is 2.81 bits per heavy atom. The minimum absolute atomic E-state index is 0.756. The molecule has 2 rings (SSSR count). The second-order valence-electron chi connectivity index (χ2n) is 4.54. The van der Waals surface area contributed by atoms with Crippen LogP contribution in [0.25, 0.3) is 0 Å². The van der Waals surface area contributed by atoms with E-state index in [2.05, 4.69) is 20.6 Å². The molecule has 4 nitrogen and oxygen atoms in total. The van der Waals surface area contributed by atoms with Crippen LogP contribution in [0.15, 0.2) is 6.20 Å². The van der Waals surface area contributed by atoms with Crippen LogP contribution in [0.4, 0.5) is 5.95 Å². The standard InChI is InChI=1S/C12H20N4/c1-9-7-14-12(16-10(9)2)15-8-11-3-5-13-6-4-11/h7,11,13H,3-6,8H2,1-2H3,(H,14,15,16). The van der Waals surface area contributed by atoms with Gasteiger partial charge in [-0.15, -0.1) is 0 Å². The first kappa shape index (κ1) is 11.3. The average molecular weight is 220 g/mol. The summed E-state index contributed by atoms with van der Waals surface area (Å²) < 4.78 is 0. The van der Waals surface area contributed by atoms with E-state index in [9.17, 15) is 0 Å². The Bertz CT molecular complexity index is 345. The summed E-state index contributed by atoms with van der Waals surface area (Å²) in [5.41, 5.74) is 2.20. The Morgan fingerprint density at radius 1 is 1.38 bits per heavy atom. The van der Waals surface area contributed by atoms with Crippen LogP contribution in [0.1, 0.15) is 24.1 Å². The van der Waals surface area contributed by atoms with Gasteiger partial charge in [-0.05, 0) is 51.3 Å². The van der Waals surface area contributed by atoms with Crippen LogP contribution < -0.4 is 10.6 Å². The van der Waals surface area contributed by atoms with Crippen molar-refractivity contribution in [2.75, 3.05) is 25.0 Å². The van der Waals surface area contributed by atoms with Gasteiger partial charge in [0.2, 0.25) is 5.95 Å². The first-order valence-corrected chi connectivity index (χ1v) is 6.00. The van der Waals surface area contributed by atoms with Crippen molar-refractivity contribution in [3.63, 3.8) is 0 Å². The fraction of sp³-hybridized carbons (Fsp3) is 0.667. The Morgan fingerprint density at radius 2 is 2.12 bits per heavy atom. The molecule has 0 atom stereocenters. The summed E-state index contributed by atoms with van der Waals surface area (Å²) in [5, 5.41) is 6.70. The van der Waals surface area contributed by atoms with Gasteiger partial charge in [0.15, 0.2) is 0 Å². The molecule has 0 aromatic carbocycles. The first-order chi connectivity index (χ1) is 7.75. The van der Waals surface area contributed by atoms with E-state index in [-0.39, 0.29) is 0 Å². The van der Waals surface area contributed by atoms with Gasteiger partial charge in [-0.25, -0.2) is 9.97 Å². The van der Waals surface area contributed by atoms with Crippen LogP contribution in [0, 0.1) is 19.8 Å². The Kier molecular flexibility index (Phi) is 3.72. The van der Waals surface area contributed by atoms with E-state index in [0.717, 1.165) is 42.8 Å². The third-order valence-corrected chi connectivity index (χ3v) is 3.23. The number of hydrogen-bond acceptors (Lipinski definition) is 4. The summed E-state index contributed by atoms with van der Waals surface area (Å²) >= 11 is 0. The quantitative estimate of drug-likeness (QED) is 0.810. The van der Waals surface area contributed by atoms with Crippen molar-refractivity contribution in [2.24, 2.45) is 5.92 Å². The zero-order chi connectivity index (χ0) is 11.4. The summed E-state index contributed by atoms with van der Waals surface area (Å²) in [4.78, 5) is 8.70. The summed E-state index contributed by atoms with van der Waals surface area (Å²) in [5.74, 6) is 1.52. The molecular weight excluding hydrogens is 200 g/mol.